The van der Waals surface area contributed by atoms with Gasteiger partial charge in [0.15, 0.2) is 0 Å². The number of rotatable bonds is 6. The highest BCUT2D eigenvalue weighted by Gasteiger charge is 2.15. The van der Waals surface area contributed by atoms with Gasteiger partial charge in [0.2, 0.25) is 5.91 Å². The van der Waals surface area contributed by atoms with Crippen LogP contribution in [0.5, 0.6) is 5.75 Å². The molecule has 0 saturated carbocycles. The molecular weight excluding hydrogens is 314 g/mol. The van der Waals surface area contributed by atoms with Crippen LogP contribution in [0.25, 0.3) is 0 Å². The standard InChI is InChI=1S/C13H16BrNO4/c1-9(13(17)18-2)15-12(16)6-7-19-11-5-3-4-10(14)8-11/h3-5,8-9H,6-7H2,1-2H3,(H,15,16). The zero-order valence-corrected chi connectivity index (χ0v) is 12.4. The lowest BCUT2D eigenvalue weighted by Gasteiger charge is -2.11. The van der Waals surface area contributed by atoms with Crippen molar-refractivity contribution in [3.8, 4) is 5.75 Å². The lowest BCUT2D eigenvalue weighted by Crippen LogP contribution is -2.39. The van der Waals surface area contributed by atoms with E-state index >= 15 is 0 Å². The maximum atomic E-state index is 11.5. The van der Waals surface area contributed by atoms with Crippen LogP contribution in [0.15, 0.2) is 28.7 Å². The molecule has 1 atom stereocenters. The number of hydrogen-bond acceptors (Lipinski definition) is 4. The summed E-state index contributed by atoms with van der Waals surface area (Å²) in [6.07, 6.45) is 0.174. The van der Waals surface area contributed by atoms with Crippen LogP contribution >= 0.6 is 15.9 Å². The van der Waals surface area contributed by atoms with E-state index in [1.807, 2.05) is 18.2 Å². The molecule has 0 aliphatic heterocycles. The van der Waals surface area contributed by atoms with Gasteiger partial charge in [-0.1, -0.05) is 22.0 Å². The lowest BCUT2D eigenvalue weighted by atomic mass is 10.3. The average Bonchev–Trinajstić information content (AvgIpc) is 2.37. The Morgan fingerprint density at radius 1 is 1.42 bits per heavy atom. The van der Waals surface area contributed by atoms with E-state index in [0.29, 0.717) is 5.75 Å². The van der Waals surface area contributed by atoms with Crippen molar-refractivity contribution in [3.63, 3.8) is 0 Å². The Bertz CT molecular complexity index is 450. The molecule has 1 aromatic carbocycles. The first-order valence-corrected chi connectivity index (χ1v) is 6.58. The van der Waals surface area contributed by atoms with Crippen molar-refractivity contribution in [3.05, 3.63) is 28.7 Å². The van der Waals surface area contributed by atoms with Crippen molar-refractivity contribution < 1.29 is 19.1 Å². The summed E-state index contributed by atoms with van der Waals surface area (Å²) in [6, 6.07) is 6.70. The lowest BCUT2D eigenvalue weighted by molar-refractivity contribution is -0.144. The molecule has 0 aliphatic rings. The molecule has 0 radical (unpaired) electrons. The molecule has 1 aromatic rings. The molecule has 0 aromatic heterocycles. The zero-order chi connectivity index (χ0) is 14.3. The Labute approximate surface area is 120 Å². The van der Waals surface area contributed by atoms with Gasteiger partial charge in [0, 0.05) is 4.47 Å². The fourth-order valence-electron chi connectivity index (χ4n) is 1.37. The third kappa shape index (κ3) is 5.74. The van der Waals surface area contributed by atoms with Gasteiger partial charge in [0.05, 0.1) is 20.1 Å². The monoisotopic (exact) mass is 329 g/mol. The first kappa shape index (κ1) is 15.5. The minimum atomic E-state index is -0.650. The summed E-state index contributed by atoms with van der Waals surface area (Å²) >= 11 is 3.33. The predicted octanol–water partition coefficient (Wildman–Crippen LogP) is 1.90. The van der Waals surface area contributed by atoms with Gasteiger partial charge in [-0.15, -0.1) is 0 Å². The first-order chi connectivity index (χ1) is 9.02. The van der Waals surface area contributed by atoms with Gasteiger partial charge in [-0.25, -0.2) is 4.79 Å². The van der Waals surface area contributed by atoms with Crippen LogP contribution in [0.3, 0.4) is 0 Å². The van der Waals surface area contributed by atoms with Gasteiger partial charge in [0.1, 0.15) is 11.8 Å². The summed E-state index contributed by atoms with van der Waals surface area (Å²) in [5, 5.41) is 2.53. The summed E-state index contributed by atoms with van der Waals surface area (Å²) in [7, 11) is 1.28. The highest BCUT2D eigenvalue weighted by molar-refractivity contribution is 9.10. The van der Waals surface area contributed by atoms with Crippen LogP contribution in [-0.2, 0) is 14.3 Å². The molecule has 0 spiro atoms. The Balaban J connectivity index is 2.29. The summed E-state index contributed by atoms with van der Waals surface area (Å²) in [4.78, 5) is 22.6. The van der Waals surface area contributed by atoms with E-state index in [4.69, 9.17) is 4.74 Å². The molecule has 104 valence electrons. The molecule has 1 N–H and O–H groups in total. The normalized spacial score (nSPS) is 11.5. The fraction of sp³-hybridized carbons (Fsp3) is 0.385. The van der Waals surface area contributed by atoms with Crippen LogP contribution in [-0.4, -0.2) is 31.6 Å². The number of esters is 1. The second kappa shape index (κ2) is 7.78. The number of methoxy groups -OCH3 is 1. The van der Waals surface area contributed by atoms with E-state index < -0.39 is 12.0 Å². The van der Waals surface area contributed by atoms with Gasteiger partial charge in [-0.3, -0.25) is 4.79 Å². The topological polar surface area (TPSA) is 64.6 Å². The van der Waals surface area contributed by atoms with Crippen molar-refractivity contribution in [1.29, 1.82) is 0 Å². The molecule has 0 heterocycles. The molecule has 1 amide bonds. The predicted molar refractivity (Wildman–Crippen MR) is 73.9 cm³/mol. The van der Waals surface area contributed by atoms with Crippen LogP contribution in [0, 0.1) is 0 Å². The van der Waals surface area contributed by atoms with Crippen LogP contribution in [0.4, 0.5) is 0 Å². The third-order valence-corrected chi connectivity index (χ3v) is 2.82. The minimum Gasteiger partial charge on any atom is -0.493 e. The van der Waals surface area contributed by atoms with Crippen molar-refractivity contribution in [2.45, 2.75) is 19.4 Å². The summed E-state index contributed by atoms with van der Waals surface area (Å²) in [5.74, 6) is -0.0441. The van der Waals surface area contributed by atoms with E-state index in [0.717, 1.165) is 4.47 Å². The van der Waals surface area contributed by atoms with E-state index in [1.54, 1.807) is 13.0 Å². The quantitative estimate of drug-likeness (QED) is 0.809. The Morgan fingerprint density at radius 3 is 2.79 bits per heavy atom. The van der Waals surface area contributed by atoms with E-state index in [-0.39, 0.29) is 18.9 Å². The van der Waals surface area contributed by atoms with E-state index in [9.17, 15) is 9.59 Å². The van der Waals surface area contributed by atoms with Gasteiger partial charge in [-0.05, 0) is 25.1 Å². The number of amides is 1. The molecule has 0 saturated heterocycles. The highest BCUT2D eigenvalue weighted by atomic mass is 79.9. The maximum absolute atomic E-state index is 11.5. The highest BCUT2D eigenvalue weighted by Crippen LogP contribution is 2.17. The van der Waals surface area contributed by atoms with Gasteiger partial charge in [0.25, 0.3) is 0 Å². The van der Waals surface area contributed by atoms with Crippen molar-refractivity contribution in [2.24, 2.45) is 0 Å². The summed E-state index contributed by atoms with van der Waals surface area (Å²) in [5.41, 5.74) is 0. The largest absolute Gasteiger partial charge is 0.493 e. The summed E-state index contributed by atoms with van der Waals surface area (Å²) in [6.45, 7) is 1.81. The number of carbonyl (C=O) groups is 2. The third-order valence-electron chi connectivity index (χ3n) is 2.33. The SMILES string of the molecule is COC(=O)C(C)NC(=O)CCOc1cccc(Br)c1. The van der Waals surface area contributed by atoms with Gasteiger partial charge >= 0.3 is 5.97 Å². The van der Waals surface area contributed by atoms with Crippen molar-refractivity contribution >= 4 is 27.8 Å². The fourth-order valence-corrected chi connectivity index (χ4v) is 1.75. The second-order valence-electron chi connectivity index (χ2n) is 3.87. The minimum absolute atomic E-state index is 0.174. The van der Waals surface area contributed by atoms with Crippen molar-refractivity contribution in [2.75, 3.05) is 13.7 Å². The molecular formula is C13H16BrNO4. The number of benzene rings is 1. The second-order valence-corrected chi connectivity index (χ2v) is 4.78. The molecule has 0 aliphatic carbocycles. The Kier molecular flexibility index (Phi) is 6.35. The first-order valence-electron chi connectivity index (χ1n) is 5.78. The van der Waals surface area contributed by atoms with Crippen molar-refractivity contribution in [1.82, 2.24) is 5.32 Å². The Morgan fingerprint density at radius 2 is 2.16 bits per heavy atom. The zero-order valence-electron chi connectivity index (χ0n) is 10.8. The number of hydrogen-bond donors (Lipinski definition) is 1. The number of nitrogens with one attached hydrogen (secondary N) is 1. The molecule has 1 unspecified atom stereocenters. The smallest absolute Gasteiger partial charge is 0.328 e. The maximum Gasteiger partial charge on any atom is 0.328 e. The van der Waals surface area contributed by atoms with E-state index in [1.165, 1.54) is 7.11 Å². The van der Waals surface area contributed by atoms with E-state index in [2.05, 4.69) is 26.0 Å². The van der Waals surface area contributed by atoms with Gasteiger partial charge in [-0.2, -0.15) is 0 Å². The van der Waals surface area contributed by atoms with Crippen LogP contribution in [0.2, 0.25) is 0 Å². The average molecular weight is 330 g/mol. The molecule has 0 fully saturated rings. The van der Waals surface area contributed by atoms with Gasteiger partial charge < -0.3 is 14.8 Å². The van der Waals surface area contributed by atoms with Crippen LogP contribution in [0.1, 0.15) is 13.3 Å². The molecule has 1 rings (SSSR count). The molecule has 6 heteroatoms. The Hall–Kier alpha value is -1.56. The number of halogens is 1. The van der Waals surface area contributed by atoms with Crippen LogP contribution < -0.4 is 10.1 Å². The molecule has 19 heavy (non-hydrogen) atoms. The number of ether oxygens (including phenoxy) is 2. The molecule has 5 nitrogen and oxygen atoms in total. The number of carbonyl (C=O) groups excluding carboxylic acids is 2. The summed E-state index contributed by atoms with van der Waals surface area (Å²) < 4.78 is 10.8. The molecule has 0 bridgehead atoms.